The van der Waals surface area contributed by atoms with Crippen molar-refractivity contribution in [1.82, 2.24) is 15.5 Å². The minimum atomic E-state index is -0.783. The molecule has 8 nitrogen and oxygen atoms in total. The molecule has 3 heterocycles. The van der Waals surface area contributed by atoms with Crippen LogP contribution in [-0.2, 0) is 23.9 Å². The van der Waals surface area contributed by atoms with E-state index in [1.165, 1.54) is 0 Å². The summed E-state index contributed by atoms with van der Waals surface area (Å²) in [7, 11) is 1.63. The van der Waals surface area contributed by atoms with Crippen molar-refractivity contribution in [2.45, 2.75) is 38.0 Å². The second-order valence-electron chi connectivity index (χ2n) is 6.60. The van der Waals surface area contributed by atoms with Gasteiger partial charge in [-0.05, 0) is 19.8 Å². The zero-order chi connectivity index (χ0) is 17.3. The number of methoxy groups -OCH3 is 1. The van der Waals surface area contributed by atoms with Gasteiger partial charge in [0.25, 0.3) is 0 Å². The van der Waals surface area contributed by atoms with Crippen molar-refractivity contribution in [3.8, 4) is 0 Å². The predicted octanol–water partition coefficient (Wildman–Crippen LogP) is -1.11. The maximum atomic E-state index is 12.6. The van der Waals surface area contributed by atoms with Crippen LogP contribution < -0.4 is 10.6 Å². The van der Waals surface area contributed by atoms with Crippen molar-refractivity contribution in [3.63, 3.8) is 0 Å². The number of ether oxygens (including phenoxy) is 2. The fraction of sp³-hybridized carbons (Fsp3) is 0.812. The van der Waals surface area contributed by atoms with Gasteiger partial charge < -0.3 is 20.1 Å². The molecule has 3 rings (SSSR count). The molecular weight excluding hydrogens is 314 g/mol. The smallest absolute Gasteiger partial charge is 0.243 e. The van der Waals surface area contributed by atoms with Crippen LogP contribution in [0, 0.1) is 11.8 Å². The summed E-state index contributed by atoms with van der Waals surface area (Å²) in [5, 5.41) is 5.88. The highest BCUT2D eigenvalue weighted by Crippen LogP contribution is 2.48. The third-order valence-corrected chi connectivity index (χ3v) is 5.17. The maximum absolute atomic E-state index is 12.6. The van der Waals surface area contributed by atoms with Gasteiger partial charge in [-0.25, -0.2) is 0 Å². The molecule has 2 N–H and O–H groups in total. The third kappa shape index (κ3) is 2.94. The third-order valence-electron chi connectivity index (χ3n) is 5.17. The summed E-state index contributed by atoms with van der Waals surface area (Å²) in [5.41, 5.74) is 0. The van der Waals surface area contributed by atoms with Gasteiger partial charge in [0.15, 0.2) is 0 Å². The van der Waals surface area contributed by atoms with Gasteiger partial charge in [-0.15, -0.1) is 0 Å². The predicted molar refractivity (Wildman–Crippen MR) is 83.9 cm³/mol. The lowest BCUT2D eigenvalue weighted by Gasteiger charge is -2.23. The minimum absolute atomic E-state index is 0.151. The molecule has 134 valence electrons. The molecule has 0 aliphatic carbocycles. The van der Waals surface area contributed by atoms with E-state index in [1.54, 1.807) is 14.0 Å². The van der Waals surface area contributed by atoms with Crippen LogP contribution in [0.25, 0.3) is 0 Å². The Hall–Kier alpha value is -1.51. The molecule has 3 fully saturated rings. The molecule has 0 saturated carbocycles. The number of amides is 3. The summed E-state index contributed by atoms with van der Waals surface area (Å²) < 4.78 is 10.6. The van der Waals surface area contributed by atoms with E-state index in [9.17, 15) is 14.4 Å². The molecule has 5 unspecified atom stereocenters. The van der Waals surface area contributed by atoms with Crippen LogP contribution in [0.15, 0.2) is 0 Å². The molecule has 0 spiro atoms. The Balaban J connectivity index is 1.51. The molecule has 0 aromatic carbocycles. The van der Waals surface area contributed by atoms with E-state index < -0.39 is 6.04 Å². The molecule has 3 amide bonds. The number of nitrogens with one attached hydrogen (secondary N) is 2. The molecule has 0 aromatic rings. The first-order valence-corrected chi connectivity index (χ1v) is 8.56. The molecular formula is C16H25N3O5. The highest BCUT2D eigenvalue weighted by Gasteiger charge is 2.63. The van der Waals surface area contributed by atoms with Gasteiger partial charge in [-0.3, -0.25) is 19.3 Å². The van der Waals surface area contributed by atoms with E-state index in [1.807, 2.05) is 0 Å². The van der Waals surface area contributed by atoms with Crippen molar-refractivity contribution in [2.24, 2.45) is 11.8 Å². The Bertz CT molecular complexity index is 498. The van der Waals surface area contributed by atoms with Crippen LogP contribution in [0.4, 0.5) is 0 Å². The fourth-order valence-electron chi connectivity index (χ4n) is 3.96. The summed E-state index contributed by atoms with van der Waals surface area (Å²) >= 11 is 0. The molecule has 0 aromatic heterocycles. The number of nitrogens with zero attached hydrogens (tertiary/aromatic N) is 1. The lowest BCUT2D eigenvalue weighted by atomic mass is 9.81. The molecule has 3 aliphatic heterocycles. The lowest BCUT2D eigenvalue weighted by Crippen LogP contribution is -2.50. The van der Waals surface area contributed by atoms with Gasteiger partial charge in [-0.1, -0.05) is 0 Å². The SMILES string of the molecule is COCCNCCNC(=O)C(C)N1C(=O)C2C3CCC(O3)C2C1=O. The standard InChI is InChI=1S/C16H25N3O5/c1-9(14(20)18-6-5-17-7-8-23-2)19-15(21)12-10-3-4-11(24-10)13(12)16(19)22/h9-13,17H,3-8H2,1-2H3,(H,18,20). The first kappa shape index (κ1) is 17.3. The first-order valence-electron chi connectivity index (χ1n) is 8.56. The number of imide groups is 1. The van der Waals surface area contributed by atoms with Crippen LogP contribution in [0.5, 0.6) is 0 Å². The van der Waals surface area contributed by atoms with E-state index in [-0.39, 0.29) is 41.8 Å². The van der Waals surface area contributed by atoms with Crippen molar-refractivity contribution in [1.29, 1.82) is 0 Å². The second-order valence-corrected chi connectivity index (χ2v) is 6.60. The first-order chi connectivity index (χ1) is 11.6. The monoisotopic (exact) mass is 339 g/mol. The van der Waals surface area contributed by atoms with E-state index in [0.29, 0.717) is 26.2 Å². The van der Waals surface area contributed by atoms with Crippen molar-refractivity contribution >= 4 is 17.7 Å². The highest BCUT2D eigenvalue weighted by atomic mass is 16.5. The Morgan fingerprint density at radius 3 is 2.42 bits per heavy atom. The normalized spacial score (nSPS) is 32.3. The number of rotatable bonds is 8. The number of carbonyl (C=O) groups is 3. The molecule has 24 heavy (non-hydrogen) atoms. The van der Waals surface area contributed by atoms with Crippen LogP contribution >= 0.6 is 0 Å². The van der Waals surface area contributed by atoms with Gasteiger partial charge in [-0.2, -0.15) is 0 Å². The molecule has 2 bridgehead atoms. The van der Waals surface area contributed by atoms with E-state index >= 15 is 0 Å². The Morgan fingerprint density at radius 2 is 1.83 bits per heavy atom. The number of carbonyl (C=O) groups excluding carboxylic acids is 3. The summed E-state index contributed by atoms with van der Waals surface area (Å²) in [6, 6.07) is -0.783. The van der Waals surface area contributed by atoms with Crippen LogP contribution in [0.2, 0.25) is 0 Å². The maximum Gasteiger partial charge on any atom is 0.243 e. The lowest BCUT2D eigenvalue weighted by molar-refractivity contribution is -0.149. The zero-order valence-corrected chi connectivity index (χ0v) is 14.1. The molecule has 0 radical (unpaired) electrons. The minimum Gasteiger partial charge on any atom is -0.383 e. The molecule has 3 saturated heterocycles. The average molecular weight is 339 g/mol. The van der Waals surface area contributed by atoms with Gasteiger partial charge >= 0.3 is 0 Å². The van der Waals surface area contributed by atoms with E-state index in [2.05, 4.69) is 10.6 Å². The Labute approximate surface area is 141 Å². The van der Waals surface area contributed by atoms with E-state index in [0.717, 1.165) is 17.7 Å². The van der Waals surface area contributed by atoms with Crippen molar-refractivity contribution in [2.75, 3.05) is 33.4 Å². The molecule has 3 aliphatic rings. The second kappa shape index (κ2) is 7.16. The quantitative estimate of drug-likeness (QED) is 0.430. The molecule has 8 heteroatoms. The van der Waals surface area contributed by atoms with Gasteiger partial charge in [0.1, 0.15) is 6.04 Å². The van der Waals surface area contributed by atoms with Crippen LogP contribution in [0.1, 0.15) is 19.8 Å². The number of hydrogen-bond donors (Lipinski definition) is 2. The van der Waals surface area contributed by atoms with Gasteiger partial charge in [0, 0.05) is 26.7 Å². The Kier molecular flexibility index (Phi) is 5.17. The summed E-state index contributed by atoms with van der Waals surface area (Å²) in [5.74, 6) is -1.58. The summed E-state index contributed by atoms with van der Waals surface area (Å²) in [6.07, 6.45) is 1.35. The number of likely N-dealkylation sites (tertiary alicyclic amines) is 1. The summed E-state index contributed by atoms with van der Waals surface area (Å²) in [6.45, 7) is 3.95. The van der Waals surface area contributed by atoms with Crippen molar-refractivity contribution < 1.29 is 23.9 Å². The highest BCUT2D eigenvalue weighted by molar-refractivity contribution is 6.09. The van der Waals surface area contributed by atoms with Crippen LogP contribution in [-0.4, -0.2) is 74.2 Å². The van der Waals surface area contributed by atoms with Gasteiger partial charge in [0.2, 0.25) is 17.7 Å². The topological polar surface area (TPSA) is 97.0 Å². The largest absolute Gasteiger partial charge is 0.383 e. The number of hydrogen-bond acceptors (Lipinski definition) is 6. The number of fused-ring (bicyclic) bond motifs is 5. The van der Waals surface area contributed by atoms with Gasteiger partial charge in [0.05, 0.1) is 30.7 Å². The fourth-order valence-corrected chi connectivity index (χ4v) is 3.96. The Morgan fingerprint density at radius 1 is 1.21 bits per heavy atom. The average Bonchev–Trinajstić information content (AvgIpc) is 3.24. The summed E-state index contributed by atoms with van der Waals surface area (Å²) in [4.78, 5) is 38.6. The zero-order valence-electron chi connectivity index (χ0n) is 14.1. The van der Waals surface area contributed by atoms with Crippen molar-refractivity contribution in [3.05, 3.63) is 0 Å². The van der Waals surface area contributed by atoms with E-state index in [4.69, 9.17) is 9.47 Å². The van der Waals surface area contributed by atoms with Crippen LogP contribution in [0.3, 0.4) is 0 Å². The molecule has 5 atom stereocenters.